The number of aromatic nitrogens is 4. The Morgan fingerprint density at radius 3 is 2.45 bits per heavy atom. The van der Waals surface area contributed by atoms with Crippen molar-refractivity contribution in [1.82, 2.24) is 19.3 Å². The second kappa shape index (κ2) is 12.7. The van der Waals surface area contributed by atoms with Gasteiger partial charge in [0, 0.05) is 64.1 Å². The van der Waals surface area contributed by atoms with Crippen LogP contribution in [0, 0.1) is 34.6 Å². The highest BCUT2D eigenvalue weighted by molar-refractivity contribution is 6.35. The third-order valence-electron chi connectivity index (χ3n) is 10.3. The molecule has 0 aliphatic carbocycles. The number of nitrogen functional groups attached to an aromatic ring is 1. The molecule has 264 valence electrons. The SMILES string of the molecule is Cc1cc(OCCCc2c3n(c4c(-c5c(C)nn(C)c5C)c(Cl)ccc24)[C@H](C)CN(c2cc(N)c(C)c4c(C(=O)O)c[nH]c24)C3=O)cc(C)c1Cl. The van der Waals surface area contributed by atoms with E-state index in [-0.39, 0.29) is 17.5 Å². The molecule has 1 aliphatic heterocycles. The van der Waals surface area contributed by atoms with Gasteiger partial charge in [0.1, 0.15) is 11.4 Å². The standard InChI is InChI=1S/C39H40Cl2N6O4/c1-18-13-24(14-19(2)34(18)41)51-12-8-9-25-26-10-11-28(40)33(32-22(5)44-45(7)23(32)6)36(26)47-20(3)17-46(38(48)37(25)47)30-15-29(42)21(4)31-27(39(49)50)16-43-35(30)31/h10-11,13-16,20,43H,8-9,12,17,42H2,1-7H3,(H,49,50)/t20-/m1/s1. The van der Waals surface area contributed by atoms with Crippen molar-refractivity contribution in [1.29, 1.82) is 0 Å². The van der Waals surface area contributed by atoms with Crippen LogP contribution in [-0.4, -0.2) is 49.5 Å². The first-order valence-corrected chi connectivity index (χ1v) is 17.7. The Kier molecular flexibility index (Phi) is 8.58. The van der Waals surface area contributed by atoms with E-state index in [2.05, 4.69) is 16.5 Å². The van der Waals surface area contributed by atoms with Gasteiger partial charge in [0.15, 0.2) is 0 Å². The number of amides is 1. The zero-order valence-electron chi connectivity index (χ0n) is 29.7. The van der Waals surface area contributed by atoms with Crippen LogP contribution in [0.15, 0.2) is 36.5 Å². The normalized spacial score (nSPS) is 14.6. The smallest absolute Gasteiger partial charge is 0.337 e. The average Bonchev–Trinajstić information content (AvgIpc) is 3.74. The summed E-state index contributed by atoms with van der Waals surface area (Å²) in [7, 11) is 1.91. The number of hydrogen-bond donors (Lipinski definition) is 3. The van der Waals surface area contributed by atoms with E-state index in [9.17, 15) is 9.90 Å². The summed E-state index contributed by atoms with van der Waals surface area (Å²) in [5.74, 6) is -0.529. The maximum atomic E-state index is 15.0. The third-order valence-corrected chi connectivity index (χ3v) is 11.2. The molecule has 4 N–H and O–H groups in total. The lowest BCUT2D eigenvalue weighted by molar-refractivity contribution is 0.0698. The molecular weight excluding hydrogens is 687 g/mol. The molecule has 12 heteroatoms. The molecule has 0 saturated heterocycles. The van der Waals surface area contributed by atoms with E-state index in [4.69, 9.17) is 38.8 Å². The first-order valence-electron chi connectivity index (χ1n) is 16.9. The van der Waals surface area contributed by atoms with Crippen LogP contribution >= 0.6 is 23.2 Å². The van der Waals surface area contributed by atoms with Gasteiger partial charge in [0.25, 0.3) is 5.91 Å². The van der Waals surface area contributed by atoms with Gasteiger partial charge in [-0.1, -0.05) is 29.3 Å². The molecule has 1 amide bonds. The van der Waals surface area contributed by atoms with Crippen LogP contribution < -0.4 is 15.4 Å². The molecule has 51 heavy (non-hydrogen) atoms. The van der Waals surface area contributed by atoms with Crippen LogP contribution in [0.5, 0.6) is 5.75 Å². The van der Waals surface area contributed by atoms with Crippen LogP contribution in [0.4, 0.5) is 11.4 Å². The van der Waals surface area contributed by atoms with Crippen LogP contribution in [-0.2, 0) is 13.5 Å². The van der Waals surface area contributed by atoms with Gasteiger partial charge < -0.3 is 30.0 Å². The number of aromatic amines is 1. The van der Waals surface area contributed by atoms with Gasteiger partial charge >= 0.3 is 5.97 Å². The average molecular weight is 728 g/mol. The summed E-state index contributed by atoms with van der Waals surface area (Å²) in [6.45, 7) is 12.5. The number of fused-ring (bicyclic) bond motifs is 4. The van der Waals surface area contributed by atoms with E-state index in [0.29, 0.717) is 64.6 Å². The highest BCUT2D eigenvalue weighted by Crippen LogP contribution is 2.46. The van der Waals surface area contributed by atoms with E-state index in [1.807, 2.05) is 63.7 Å². The van der Waals surface area contributed by atoms with Crippen molar-refractivity contribution >= 4 is 68.3 Å². The Hall–Kier alpha value is -4.93. The van der Waals surface area contributed by atoms with Crippen LogP contribution in [0.3, 0.4) is 0 Å². The molecule has 0 saturated carbocycles. The molecule has 6 aromatic rings. The molecule has 3 aromatic heterocycles. The number of nitrogens with two attached hydrogens (primary N) is 1. The van der Waals surface area contributed by atoms with Crippen molar-refractivity contribution in [3.8, 4) is 16.9 Å². The predicted octanol–water partition coefficient (Wildman–Crippen LogP) is 8.89. The third kappa shape index (κ3) is 5.43. The Morgan fingerprint density at radius 1 is 1.10 bits per heavy atom. The number of ether oxygens (including phenoxy) is 1. The van der Waals surface area contributed by atoms with E-state index < -0.39 is 5.97 Å². The monoisotopic (exact) mass is 726 g/mol. The maximum Gasteiger partial charge on any atom is 0.337 e. The number of aryl methyl sites for hydroxylation is 6. The van der Waals surface area contributed by atoms with Gasteiger partial charge in [-0.2, -0.15) is 5.10 Å². The fourth-order valence-electron chi connectivity index (χ4n) is 7.81. The first-order chi connectivity index (χ1) is 24.2. The largest absolute Gasteiger partial charge is 0.494 e. The number of nitrogens with zero attached hydrogens (tertiary/aromatic N) is 4. The Morgan fingerprint density at radius 2 is 1.80 bits per heavy atom. The zero-order valence-corrected chi connectivity index (χ0v) is 31.2. The lowest BCUT2D eigenvalue weighted by Gasteiger charge is -2.35. The van der Waals surface area contributed by atoms with Crippen molar-refractivity contribution in [2.45, 2.75) is 60.4 Å². The zero-order chi connectivity index (χ0) is 36.6. The minimum atomic E-state index is -1.07. The quantitative estimate of drug-likeness (QED) is 0.106. The number of aromatic carboxylic acids is 1. The number of carboxylic acid groups (broad SMARTS) is 1. The lowest BCUT2D eigenvalue weighted by atomic mass is 9.98. The van der Waals surface area contributed by atoms with Gasteiger partial charge in [-0.15, -0.1) is 0 Å². The molecule has 0 unspecified atom stereocenters. The number of hydrogen-bond acceptors (Lipinski definition) is 5. The molecule has 10 nitrogen and oxygen atoms in total. The molecule has 3 aromatic carbocycles. The number of carboxylic acids is 1. The molecule has 0 spiro atoms. The van der Waals surface area contributed by atoms with Crippen molar-refractivity contribution in [3.05, 3.63) is 91.5 Å². The summed E-state index contributed by atoms with van der Waals surface area (Å²) in [5, 5.41) is 17.4. The lowest BCUT2D eigenvalue weighted by Crippen LogP contribution is -2.43. The molecular formula is C39H40Cl2N6O4. The number of carbonyl (C=O) groups is 2. The van der Waals surface area contributed by atoms with Gasteiger partial charge in [0.2, 0.25) is 0 Å². The second-order valence-corrected chi connectivity index (χ2v) is 14.4. The molecule has 1 atom stereocenters. The summed E-state index contributed by atoms with van der Waals surface area (Å²) in [6, 6.07) is 9.35. The Balaban J connectivity index is 1.39. The summed E-state index contributed by atoms with van der Waals surface area (Å²) >= 11 is 13.5. The number of halogens is 2. The predicted molar refractivity (Wildman–Crippen MR) is 204 cm³/mol. The summed E-state index contributed by atoms with van der Waals surface area (Å²) < 4.78 is 10.2. The van der Waals surface area contributed by atoms with Crippen LogP contribution in [0.2, 0.25) is 10.0 Å². The molecule has 1 aliphatic rings. The van der Waals surface area contributed by atoms with Gasteiger partial charge in [-0.3, -0.25) is 9.48 Å². The topological polar surface area (TPSA) is 131 Å². The Labute approximate surface area is 305 Å². The fourth-order valence-corrected chi connectivity index (χ4v) is 8.16. The highest BCUT2D eigenvalue weighted by Gasteiger charge is 2.38. The summed E-state index contributed by atoms with van der Waals surface area (Å²) in [6.07, 6.45) is 2.65. The number of rotatable bonds is 8. The number of benzene rings is 3. The molecule has 0 radical (unpaired) electrons. The van der Waals surface area contributed by atoms with Crippen LogP contribution in [0.1, 0.15) is 73.9 Å². The molecule has 0 fully saturated rings. The van der Waals surface area contributed by atoms with Crippen molar-refractivity contribution in [2.24, 2.45) is 7.05 Å². The number of H-pyrrole nitrogens is 1. The molecule has 0 bridgehead atoms. The van der Waals surface area contributed by atoms with Gasteiger partial charge in [-0.05, 0) is 101 Å². The molecule has 4 heterocycles. The van der Waals surface area contributed by atoms with E-state index in [0.717, 1.165) is 60.9 Å². The van der Waals surface area contributed by atoms with Gasteiger partial charge in [0.05, 0.1) is 39.6 Å². The van der Waals surface area contributed by atoms with Crippen molar-refractivity contribution in [3.63, 3.8) is 0 Å². The van der Waals surface area contributed by atoms with Gasteiger partial charge in [-0.25, -0.2) is 4.79 Å². The number of carbonyl (C=O) groups excluding carboxylic acids is 1. The van der Waals surface area contributed by atoms with E-state index >= 15 is 4.79 Å². The highest BCUT2D eigenvalue weighted by atomic mass is 35.5. The summed E-state index contributed by atoms with van der Waals surface area (Å²) in [5.41, 5.74) is 16.6. The maximum absolute atomic E-state index is 15.0. The number of nitrogens with one attached hydrogen (secondary N) is 1. The first kappa shape index (κ1) is 34.5. The summed E-state index contributed by atoms with van der Waals surface area (Å²) in [4.78, 5) is 32.0. The number of anilines is 2. The van der Waals surface area contributed by atoms with E-state index in [1.54, 1.807) is 17.9 Å². The second-order valence-electron chi connectivity index (χ2n) is 13.6. The minimum Gasteiger partial charge on any atom is -0.494 e. The molecule has 7 rings (SSSR count). The van der Waals surface area contributed by atoms with E-state index in [1.165, 1.54) is 6.20 Å². The minimum absolute atomic E-state index is 0.107. The fraction of sp³-hybridized carbons (Fsp3) is 0.308. The Bertz CT molecular complexity index is 2410. The van der Waals surface area contributed by atoms with Crippen molar-refractivity contribution < 1.29 is 19.4 Å². The van der Waals surface area contributed by atoms with Crippen LogP contribution in [0.25, 0.3) is 32.9 Å². The van der Waals surface area contributed by atoms with Crippen molar-refractivity contribution in [2.75, 3.05) is 23.8 Å².